The molecule has 2 heterocycles. The van der Waals surface area contributed by atoms with Gasteiger partial charge in [0.2, 0.25) is 5.76 Å². The molecule has 0 unspecified atom stereocenters. The van der Waals surface area contributed by atoms with Gasteiger partial charge < -0.3 is 15.3 Å². The minimum absolute atomic E-state index is 0.125. The van der Waals surface area contributed by atoms with E-state index in [1.54, 1.807) is 30.5 Å². The second kappa shape index (κ2) is 4.78. The summed E-state index contributed by atoms with van der Waals surface area (Å²) >= 11 is 0. The van der Waals surface area contributed by atoms with Crippen molar-refractivity contribution in [3.05, 3.63) is 53.5 Å². The summed E-state index contributed by atoms with van der Waals surface area (Å²) in [6.07, 6.45) is 1.56. The second-order valence-electron chi connectivity index (χ2n) is 4.47. The first-order valence-electron chi connectivity index (χ1n) is 6.13. The van der Waals surface area contributed by atoms with E-state index >= 15 is 0 Å². The number of carbonyl (C=O) groups is 2. The first-order valence-corrected chi connectivity index (χ1v) is 6.13. The molecule has 3 rings (SSSR count). The monoisotopic (exact) mass is 285 g/mol. The first-order chi connectivity index (χ1) is 10.1. The third kappa shape index (κ3) is 2.25. The molecule has 1 amide bonds. The molecular weight excluding hydrogens is 274 g/mol. The van der Waals surface area contributed by atoms with Crippen LogP contribution in [0.5, 0.6) is 0 Å². The zero-order valence-corrected chi connectivity index (χ0v) is 10.8. The van der Waals surface area contributed by atoms with Crippen LogP contribution in [0.25, 0.3) is 11.0 Å². The lowest BCUT2D eigenvalue weighted by atomic mass is 10.1. The van der Waals surface area contributed by atoms with E-state index in [1.807, 2.05) is 0 Å². The van der Waals surface area contributed by atoms with Crippen molar-refractivity contribution < 1.29 is 19.1 Å². The van der Waals surface area contributed by atoms with Gasteiger partial charge in [-0.15, -0.1) is 0 Å². The van der Waals surface area contributed by atoms with Gasteiger partial charge in [0.05, 0.1) is 6.54 Å². The molecule has 2 aromatic heterocycles. The third-order valence-corrected chi connectivity index (χ3v) is 3.11. The molecule has 0 aliphatic rings. The average molecular weight is 285 g/mol. The summed E-state index contributed by atoms with van der Waals surface area (Å²) < 4.78 is 6.80. The molecule has 7 heteroatoms. The van der Waals surface area contributed by atoms with Crippen LogP contribution in [0.2, 0.25) is 0 Å². The maximum atomic E-state index is 11.3. The molecule has 0 aliphatic heterocycles. The van der Waals surface area contributed by atoms with Crippen molar-refractivity contribution in [1.29, 1.82) is 0 Å². The number of rotatable bonds is 4. The van der Waals surface area contributed by atoms with Crippen molar-refractivity contribution in [1.82, 2.24) is 9.78 Å². The molecule has 0 saturated carbocycles. The van der Waals surface area contributed by atoms with Crippen molar-refractivity contribution in [2.45, 2.75) is 6.54 Å². The van der Waals surface area contributed by atoms with Gasteiger partial charge in [-0.1, -0.05) is 18.2 Å². The Morgan fingerprint density at radius 3 is 2.71 bits per heavy atom. The minimum atomic E-state index is -1.15. The van der Waals surface area contributed by atoms with Crippen LogP contribution in [0, 0.1) is 0 Å². The standard InChI is InChI=1S/C14H11N3O4/c15-13(18)10-5-6-17(16-10)7-9-8-3-1-2-4-11(8)21-12(9)14(19)20/h1-6H,7H2,(H2,15,18)(H,19,20). The molecule has 0 spiro atoms. The largest absolute Gasteiger partial charge is 0.475 e. The van der Waals surface area contributed by atoms with Gasteiger partial charge in [0.25, 0.3) is 5.91 Å². The topological polar surface area (TPSA) is 111 Å². The molecule has 1 aromatic carbocycles. The summed E-state index contributed by atoms with van der Waals surface area (Å²) in [5, 5.41) is 13.9. The number of benzene rings is 1. The number of carboxylic acids is 1. The molecule has 0 radical (unpaired) electrons. The summed E-state index contributed by atoms with van der Waals surface area (Å²) in [4.78, 5) is 22.3. The number of hydrogen-bond acceptors (Lipinski definition) is 4. The molecule has 21 heavy (non-hydrogen) atoms. The Hall–Kier alpha value is -3.09. The van der Waals surface area contributed by atoms with E-state index < -0.39 is 11.9 Å². The molecule has 0 bridgehead atoms. The van der Waals surface area contributed by atoms with Crippen LogP contribution in [-0.4, -0.2) is 26.8 Å². The first kappa shape index (κ1) is 12.9. The summed E-state index contributed by atoms with van der Waals surface area (Å²) in [5.74, 6) is -1.92. The average Bonchev–Trinajstić information content (AvgIpc) is 3.05. The molecule has 0 saturated heterocycles. The van der Waals surface area contributed by atoms with Crippen LogP contribution in [0.1, 0.15) is 26.6 Å². The number of furan rings is 1. The number of nitrogens with zero attached hydrogens (tertiary/aromatic N) is 2. The molecule has 3 N–H and O–H groups in total. The molecule has 0 aliphatic carbocycles. The lowest BCUT2D eigenvalue weighted by Crippen LogP contribution is -2.13. The van der Waals surface area contributed by atoms with E-state index in [0.29, 0.717) is 16.5 Å². The molecule has 106 valence electrons. The highest BCUT2D eigenvalue weighted by Gasteiger charge is 2.20. The zero-order valence-electron chi connectivity index (χ0n) is 10.8. The van der Waals surface area contributed by atoms with E-state index in [1.165, 1.54) is 10.7 Å². The van der Waals surface area contributed by atoms with Gasteiger partial charge in [0.15, 0.2) is 0 Å². The number of fused-ring (bicyclic) bond motifs is 1. The van der Waals surface area contributed by atoms with Crippen LogP contribution in [0.15, 0.2) is 40.9 Å². The number of nitrogens with two attached hydrogens (primary N) is 1. The van der Waals surface area contributed by atoms with Crippen LogP contribution < -0.4 is 5.73 Å². The highest BCUT2D eigenvalue weighted by atomic mass is 16.4. The SMILES string of the molecule is NC(=O)c1ccn(Cc2c(C(=O)O)oc3ccccc23)n1. The number of aromatic carboxylic acids is 1. The second-order valence-corrected chi connectivity index (χ2v) is 4.47. The third-order valence-electron chi connectivity index (χ3n) is 3.11. The lowest BCUT2D eigenvalue weighted by molar-refractivity contribution is 0.0663. The number of hydrogen-bond donors (Lipinski definition) is 2. The van der Waals surface area contributed by atoms with E-state index in [4.69, 9.17) is 10.2 Å². The number of para-hydroxylation sites is 1. The van der Waals surface area contributed by atoms with Gasteiger partial charge in [-0.25, -0.2) is 4.79 Å². The van der Waals surface area contributed by atoms with Crippen molar-refractivity contribution in [2.24, 2.45) is 5.73 Å². The van der Waals surface area contributed by atoms with Crippen LogP contribution >= 0.6 is 0 Å². The summed E-state index contributed by atoms with van der Waals surface area (Å²) in [6.45, 7) is 0.173. The maximum Gasteiger partial charge on any atom is 0.372 e. The lowest BCUT2D eigenvalue weighted by Gasteiger charge is -2.01. The molecule has 3 aromatic rings. The Bertz CT molecular complexity index is 847. The van der Waals surface area contributed by atoms with Crippen molar-refractivity contribution in [3.8, 4) is 0 Å². The van der Waals surface area contributed by atoms with Gasteiger partial charge in [0, 0.05) is 17.1 Å². The maximum absolute atomic E-state index is 11.3. The van der Waals surface area contributed by atoms with E-state index in [9.17, 15) is 14.7 Å². The van der Waals surface area contributed by atoms with Crippen molar-refractivity contribution in [3.63, 3.8) is 0 Å². The number of carboxylic acid groups (broad SMARTS) is 1. The zero-order chi connectivity index (χ0) is 15.0. The molecular formula is C14H11N3O4. The summed E-state index contributed by atoms with van der Waals surface area (Å²) in [6, 6.07) is 8.51. The number of primary amides is 1. The van der Waals surface area contributed by atoms with Gasteiger partial charge in [-0.05, 0) is 12.1 Å². The Balaban J connectivity index is 2.07. The summed E-state index contributed by atoms with van der Waals surface area (Å²) in [7, 11) is 0. The van der Waals surface area contributed by atoms with Crippen LogP contribution in [0.3, 0.4) is 0 Å². The number of amides is 1. The number of carbonyl (C=O) groups excluding carboxylic acids is 1. The van der Waals surface area contributed by atoms with E-state index in [2.05, 4.69) is 5.10 Å². The van der Waals surface area contributed by atoms with E-state index in [-0.39, 0.29) is 18.0 Å². The number of aromatic nitrogens is 2. The molecule has 0 atom stereocenters. The fourth-order valence-electron chi connectivity index (χ4n) is 2.17. The van der Waals surface area contributed by atoms with Crippen molar-refractivity contribution >= 4 is 22.8 Å². The fourth-order valence-corrected chi connectivity index (χ4v) is 2.17. The minimum Gasteiger partial charge on any atom is -0.475 e. The van der Waals surface area contributed by atoms with E-state index in [0.717, 1.165) is 0 Å². The fraction of sp³-hybridized carbons (Fsp3) is 0.0714. The highest BCUT2D eigenvalue weighted by Crippen LogP contribution is 2.26. The Morgan fingerprint density at radius 2 is 2.05 bits per heavy atom. The molecule has 0 fully saturated rings. The predicted molar refractivity (Wildman–Crippen MR) is 73.0 cm³/mol. The van der Waals surface area contributed by atoms with Crippen LogP contribution in [0.4, 0.5) is 0 Å². The Morgan fingerprint density at radius 1 is 1.29 bits per heavy atom. The van der Waals surface area contributed by atoms with Gasteiger partial charge in [-0.3, -0.25) is 9.48 Å². The van der Waals surface area contributed by atoms with Gasteiger partial charge >= 0.3 is 5.97 Å². The van der Waals surface area contributed by atoms with Gasteiger partial charge in [0.1, 0.15) is 11.3 Å². The predicted octanol–water partition coefficient (Wildman–Crippen LogP) is 1.47. The summed E-state index contributed by atoms with van der Waals surface area (Å²) in [5.41, 5.74) is 6.26. The highest BCUT2D eigenvalue weighted by molar-refractivity contribution is 5.95. The smallest absolute Gasteiger partial charge is 0.372 e. The molecule has 7 nitrogen and oxygen atoms in total. The normalized spacial score (nSPS) is 10.9. The van der Waals surface area contributed by atoms with Crippen LogP contribution in [-0.2, 0) is 6.54 Å². The quantitative estimate of drug-likeness (QED) is 0.754. The van der Waals surface area contributed by atoms with Crippen molar-refractivity contribution in [2.75, 3.05) is 0 Å². The Labute approximate surface area is 118 Å². The van der Waals surface area contributed by atoms with Gasteiger partial charge in [-0.2, -0.15) is 5.10 Å². The Kier molecular flexibility index (Phi) is 2.94.